The first-order valence-electron chi connectivity index (χ1n) is 29.7. The fourth-order valence-electron chi connectivity index (χ4n) is 10.3. The van der Waals surface area contributed by atoms with Crippen molar-refractivity contribution in [3.05, 3.63) is 192 Å². The second-order valence-corrected chi connectivity index (χ2v) is 22.3. The maximum absolute atomic E-state index is 13.1. The third-order valence-electron chi connectivity index (χ3n) is 15.1. The van der Waals surface area contributed by atoms with E-state index in [1.54, 1.807) is 26.8 Å². The van der Waals surface area contributed by atoms with Crippen LogP contribution in [0.3, 0.4) is 0 Å². The minimum atomic E-state index is -1.84. The number of aromatic hydroxyl groups is 6. The van der Waals surface area contributed by atoms with Gasteiger partial charge < -0.3 is 85.4 Å². The van der Waals surface area contributed by atoms with Crippen molar-refractivity contribution in [1.29, 1.82) is 0 Å². The van der Waals surface area contributed by atoms with Crippen LogP contribution >= 0.6 is 11.6 Å². The number of nitrogens with one attached hydrogen (secondary N) is 4. The molecule has 1 saturated heterocycles. The summed E-state index contributed by atoms with van der Waals surface area (Å²) in [6.45, 7) is 4.47. The van der Waals surface area contributed by atoms with E-state index in [1.807, 2.05) is 6.07 Å². The van der Waals surface area contributed by atoms with Crippen LogP contribution in [0.2, 0.25) is 5.02 Å². The van der Waals surface area contributed by atoms with Gasteiger partial charge >= 0.3 is 29.8 Å². The number of fused-ring (bicyclic) bond motifs is 2. The van der Waals surface area contributed by atoms with Gasteiger partial charge in [0, 0.05) is 46.5 Å². The molecule has 0 aliphatic carbocycles. The standard InChI is InChI=1S/C30H27N3O15.C19H23ClN2.C18H20N2O6/c34-19-7-1-4-13(22(19)37)25(40)31-16-10-46-29(44)18(33-27(42)15-6-3-9-21(36)24(15)39)12-48-30(45)17(11-47-28(16)43)32-26(41)14-5-2-8-20(35)23(14)38;1-21(2)12-5-13-22-18-7-4-3-6-15(18)8-9-16-10-11-17(20)14-19(16)22;1-5-26-18(22)15-11(3)19-10(2)14(17(21)25-4)16(15)12-7-6-8-13(9-12)20(23)24/h1-9,16-18,34-39H,10-12H2,(H,31,40)(H,32,41)(H,33,42);3-4,6-7,10-11,14H,5,8-9,12-13H2,1-2H3;6-9,16,19H,5H2,1-4H3/t16-,17-,18-;;/m0../s1. The molecule has 0 aromatic heterocycles. The Morgan fingerprint density at radius 1 is 0.625 bits per heavy atom. The Kier molecular flexibility index (Phi) is 24.7. The van der Waals surface area contributed by atoms with Crippen molar-refractivity contribution in [3.8, 4) is 34.5 Å². The normalized spacial score (nSPS) is 17.0. The van der Waals surface area contributed by atoms with Gasteiger partial charge in [0.1, 0.15) is 19.8 Å². The van der Waals surface area contributed by atoms with Crippen LogP contribution in [0.15, 0.2) is 144 Å². The number of carbonyl (C=O) groups is 8. The number of carbonyl (C=O) groups excluding carboxylic acids is 8. The van der Waals surface area contributed by atoms with Crippen LogP contribution in [-0.2, 0) is 60.5 Å². The maximum Gasteiger partial charge on any atom is 0.336 e. The SMILES string of the molecule is CCOC(=O)C1=C(C)NC(C)=C(C(=O)OC)C1c1cccc([N+](=O)[O-])c1.CN(C)CCCN1c2ccccc2CCc2ccc(Cl)cc21.O=C(N[C@H]1COC(=O)[C@@H](NC(=O)c2cccc(O)c2O)COC(=O)[C@@H](NC(=O)c2cccc(O)c2O)COC1=O)c1cccc(O)c1O. The number of nitrogens with zero attached hydrogens (tertiary/aromatic N) is 3. The number of hydrogen-bond acceptors (Lipinski definition) is 24. The Morgan fingerprint density at radius 2 is 1.07 bits per heavy atom. The molecule has 0 saturated carbocycles. The van der Waals surface area contributed by atoms with Gasteiger partial charge in [0.15, 0.2) is 52.6 Å². The predicted molar refractivity (Wildman–Crippen MR) is 344 cm³/mol. The van der Waals surface area contributed by atoms with Crippen molar-refractivity contribution in [2.24, 2.45) is 0 Å². The second kappa shape index (κ2) is 32.9. The topological polar surface area (TPSA) is 402 Å². The third-order valence-corrected chi connectivity index (χ3v) is 15.3. The molecule has 6 aromatic carbocycles. The van der Waals surface area contributed by atoms with E-state index in [0.717, 1.165) is 73.8 Å². The first-order chi connectivity index (χ1) is 45.7. The van der Waals surface area contributed by atoms with E-state index in [1.165, 1.54) is 66.0 Å². The number of rotatable bonds is 15. The molecule has 10 N–H and O–H groups in total. The molecule has 0 radical (unpaired) electrons. The lowest BCUT2D eigenvalue weighted by Crippen LogP contribution is -2.52. The number of hydrogen-bond donors (Lipinski definition) is 10. The van der Waals surface area contributed by atoms with E-state index in [0.29, 0.717) is 17.0 Å². The lowest BCUT2D eigenvalue weighted by Gasteiger charge is -2.30. The number of nitro groups is 1. The zero-order chi connectivity index (χ0) is 70.1. The fraction of sp³-hybridized carbons (Fsp3) is 0.284. The molecule has 6 aromatic rings. The zero-order valence-electron chi connectivity index (χ0n) is 52.7. The Bertz CT molecular complexity index is 3820. The predicted octanol–water partition coefficient (Wildman–Crippen LogP) is 6.35. The number of allylic oxidation sites excluding steroid dienone is 2. The zero-order valence-corrected chi connectivity index (χ0v) is 53.5. The minimum absolute atomic E-state index is 0.135. The van der Waals surface area contributed by atoms with E-state index < -0.39 is 148 Å². The number of ether oxygens (including phenoxy) is 5. The molecular formula is C67H70ClN7O21. The Morgan fingerprint density at radius 3 is 1.52 bits per heavy atom. The highest BCUT2D eigenvalue weighted by molar-refractivity contribution is 6.31. The van der Waals surface area contributed by atoms with Gasteiger partial charge in [-0.25, -0.2) is 24.0 Å². The molecule has 28 nitrogen and oxygen atoms in total. The van der Waals surface area contributed by atoms with Gasteiger partial charge in [-0.3, -0.25) is 24.5 Å². The van der Waals surface area contributed by atoms with Crippen molar-refractivity contribution in [2.75, 3.05) is 65.6 Å². The number of phenols is 6. The minimum Gasteiger partial charge on any atom is -0.504 e. The molecule has 9 rings (SSSR count). The summed E-state index contributed by atoms with van der Waals surface area (Å²) >= 11 is 6.27. The quantitative estimate of drug-likeness (QED) is 0.0176. The molecule has 3 aliphatic rings. The van der Waals surface area contributed by atoms with E-state index in [-0.39, 0.29) is 23.4 Å². The number of halogens is 1. The molecule has 96 heavy (non-hydrogen) atoms. The number of aryl methyl sites for hydroxylation is 2. The van der Waals surface area contributed by atoms with Crippen molar-refractivity contribution >= 4 is 76.2 Å². The highest BCUT2D eigenvalue weighted by Crippen LogP contribution is 2.41. The number of anilines is 2. The number of non-ortho nitro benzene ring substituents is 1. The van der Waals surface area contributed by atoms with E-state index in [4.69, 9.17) is 35.3 Å². The summed E-state index contributed by atoms with van der Waals surface area (Å²) in [5.41, 5.74) is 5.72. The van der Waals surface area contributed by atoms with Gasteiger partial charge in [0.05, 0.1) is 52.4 Å². The number of benzene rings is 6. The van der Waals surface area contributed by atoms with E-state index in [2.05, 4.69) is 81.6 Å². The second-order valence-electron chi connectivity index (χ2n) is 21.9. The molecule has 1 unspecified atom stereocenters. The molecule has 3 heterocycles. The van der Waals surface area contributed by atoms with Gasteiger partial charge in [0.25, 0.3) is 23.4 Å². The molecule has 29 heteroatoms. The van der Waals surface area contributed by atoms with E-state index in [9.17, 15) is 79.1 Å². The highest BCUT2D eigenvalue weighted by Gasteiger charge is 2.39. The first kappa shape index (κ1) is 72.0. The van der Waals surface area contributed by atoms with Crippen molar-refractivity contribution in [3.63, 3.8) is 0 Å². The Hall–Kier alpha value is -11.4. The lowest BCUT2D eigenvalue weighted by molar-refractivity contribution is -0.384. The maximum atomic E-state index is 13.1. The smallest absolute Gasteiger partial charge is 0.336 e. The van der Waals surface area contributed by atoms with Gasteiger partial charge in [-0.15, -0.1) is 0 Å². The molecule has 3 amide bonds. The molecule has 0 bridgehead atoms. The van der Waals surface area contributed by atoms with Crippen LogP contribution in [0.4, 0.5) is 17.1 Å². The average Bonchev–Trinajstić information content (AvgIpc) is 0.885. The monoisotopic (exact) mass is 1340 g/mol. The highest BCUT2D eigenvalue weighted by atomic mass is 35.5. The van der Waals surface area contributed by atoms with Crippen molar-refractivity contribution in [2.45, 2.75) is 64.1 Å². The van der Waals surface area contributed by atoms with Crippen molar-refractivity contribution in [1.82, 2.24) is 26.2 Å². The van der Waals surface area contributed by atoms with Crippen molar-refractivity contribution < 1.29 is 97.6 Å². The van der Waals surface area contributed by atoms with Gasteiger partial charge in [-0.1, -0.05) is 66.2 Å². The number of cyclic esters (lactones) is 3. The molecule has 3 aliphatic heterocycles. The number of phenolic OH excluding ortho intramolecular Hbond substituents is 6. The van der Waals surface area contributed by atoms with Gasteiger partial charge in [0.2, 0.25) is 0 Å². The Labute approximate surface area is 554 Å². The number of nitro benzene ring substituents is 1. The summed E-state index contributed by atoms with van der Waals surface area (Å²) in [6, 6.07) is 25.5. The Balaban J connectivity index is 0.000000226. The van der Waals surface area contributed by atoms with Crippen LogP contribution in [0.1, 0.15) is 80.9 Å². The largest absolute Gasteiger partial charge is 0.504 e. The van der Waals surface area contributed by atoms with Crippen LogP contribution in [0.25, 0.3) is 0 Å². The summed E-state index contributed by atoms with van der Waals surface area (Å²) < 4.78 is 25.3. The lowest BCUT2D eigenvalue weighted by atomic mass is 9.80. The third kappa shape index (κ3) is 17.8. The number of esters is 5. The molecular weight excluding hydrogens is 1270 g/mol. The van der Waals surface area contributed by atoms with Crippen LogP contribution in [-0.4, -0.2) is 167 Å². The fourth-order valence-corrected chi connectivity index (χ4v) is 10.5. The summed E-state index contributed by atoms with van der Waals surface area (Å²) in [6.07, 6.45) is 3.30. The molecule has 4 atom stereocenters. The summed E-state index contributed by atoms with van der Waals surface area (Å²) in [7, 11) is 5.49. The number of dihydropyridines is 1. The molecule has 0 spiro atoms. The van der Waals surface area contributed by atoms with Gasteiger partial charge in [-0.05, 0) is 132 Å². The summed E-state index contributed by atoms with van der Waals surface area (Å²) in [5.74, 6) is -14.0. The van der Waals surface area contributed by atoms with Crippen LogP contribution < -0.4 is 26.2 Å². The summed E-state index contributed by atoms with van der Waals surface area (Å²) in [5, 5.41) is 80.9. The number of amides is 3. The first-order valence-corrected chi connectivity index (χ1v) is 30.0. The van der Waals surface area contributed by atoms with E-state index >= 15 is 0 Å². The number of methoxy groups -OCH3 is 1. The molecule has 1 fully saturated rings. The average molecular weight is 1340 g/mol. The van der Waals surface area contributed by atoms with Crippen LogP contribution in [0, 0.1) is 10.1 Å². The summed E-state index contributed by atoms with van der Waals surface area (Å²) in [4.78, 5) is 118. The number of para-hydroxylation sites is 4. The molecule has 506 valence electrons. The van der Waals surface area contributed by atoms with Gasteiger partial charge in [-0.2, -0.15) is 0 Å². The van der Waals surface area contributed by atoms with Crippen LogP contribution in [0.5, 0.6) is 34.5 Å².